The minimum absolute atomic E-state index is 0.0479. The van der Waals surface area contributed by atoms with Crippen molar-refractivity contribution < 1.29 is 37.4 Å². The molecule has 35 heavy (non-hydrogen) atoms. The quantitative estimate of drug-likeness (QED) is 0.634. The summed E-state index contributed by atoms with van der Waals surface area (Å²) in [4.78, 5) is 37.7. The van der Waals surface area contributed by atoms with Crippen LogP contribution >= 0.6 is 0 Å². The molecule has 2 aromatic carbocycles. The molecule has 2 amide bonds. The summed E-state index contributed by atoms with van der Waals surface area (Å²) in [6.07, 6.45) is -6.19. The highest BCUT2D eigenvalue weighted by atomic mass is 19.4. The van der Waals surface area contributed by atoms with Crippen molar-refractivity contribution in [3.8, 4) is 11.1 Å². The van der Waals surface area contributed by atoms with Gasteiger partial charge in [0.05, 0.1) is 12.3 Å². The van der Waals surface area contributed by atoms with Gasteiger partial charge in [-0.1, -0.05) is 48.5 Å². The minimum Gasteiger partial charge on any atom is -0.481 e. The molecular formula is C25H25F3N2O5. The highest BCUT2D eigenvalue weighted by Gasteiger charge is 2.43. The number of piperidine rings is 1. The van der Waals surface area contributed by atoms with E-state index in [1.807, 2.05) is 48.5 Å². The van der Waals surface area contributed by atoms with Gasteiger partial charge in [0.2, 0.25) is 5.91 Å². The maximum Gasteiger partial charge on any atom is 0.407 e. The number of carboxylic acid groups (broad SMARTS) is 1. The smallest absolute Gasteiger partial charge is 0.407 e. The van der Waals surface area contributed by atoms with E-state index in [0.29, 0.717) is 0 Å². The molecule has 1 heterocycles. The van der Waals surface area contributed by atoms with Gasteiger partial charge < -0.3 is 20.1 Å². The van der Waals surface area contributed by atoms with Crippen LogP contribution in [0.15, 0.2) is 48.5 Å². The Morgan fingerprint density at radius 2 is 1.66 bits per heavy atom. The number of alkyl carbamates (subject to hydrolysis) is 1. The van der Waals surface area contributed by atoms with Crippen molar-refractivity contribution in [2.75, 3.05) is 19.7 Å². The fourth-order valence-corrected chi connectivity index (χ4v) is 4.82. The molecule has 0 spiro atoms. The van der Waals surface area contributed by atoms with Gasteiger partial charge in [-0.3, -0.25) is 9.59 Å². The number of hydrogen-bond acceptors (Lipinski definition) is 4. The summed E-state index contributed by atoms with van der Waals surface area (Å²) in [7, 11) is 0. The Kier molecular flexibility index (Phi) is 7.00. The average molecular weight is 490 g/mol. The molecule has 1 saturated heterocycles. The first-order valence-corrected chi connectivity index (χ1v) is 11.3. The van der Waals surface area contributed by atoms with Gasteiger partial charge in [0.1, 0.15) is 12.6 Å². The SMILES string of the molecule is O=C(O)CC(NC(=O)OCC1c2ccccc2-c2ccccc21)C(=O)N1CCCC(C(F)(F)F)C1. The minimum atomic E-state index is -4.46. The van der Waals surface area contributed by atoms with Crippen molar-refractivity contribution in [3.05, 3.63) is 59.7 Å². The van der Waals surface area contributed by atoms with Gasteiger partial charge in [0.15, 0.2) is 0 Å². The fourth-order valence-electron chi connectivity index (χ4n) is 4.82. The number of benzene rings is 2. The zero-order chi connectivity index (χ0) is 25.2. The predicted molar refractivity (Wildman–Crippen MR) is 120 cm³/mol. The number of carboxylic acids is 1. The number of nitrogens with zero attached hydrogens (tertiary/aromatic N) is 1. The monoisotopic (exact) mass is 490 g/mol. The topological polar surface area (TPSA) is 95.9 Å². The zero-order valence-corrected chi connectivity index (χ0v) is 18.8. The van der Waals surface area contributed by atoms with Crippen LogP contribution in [-0.4, -0.2) is 59.9 Å². The van der Waals surface area contributed by atoms with E-state index in [1.165, 1.54) is 0 Å². The zero-order valence-electron chi connectivity index (χ0n) is 18.8. The van der Waals surface area contributed by atoms with Crippen molar-refractivity contribution in [2.45, 2.75) is 37.4 Å². The first-order chi connectivity index (χ1) is 16.6. The van der Waals surface area contributed by atoms with E-state index in [-0.39, 0.29) is 31.9 Å². The summed E-state index contributed by atoms with van der Waals surface area (Å²) >= 11 is 0. The van der Waals surface area contributed by atoms with Gasteiger partial charge in [-0.25, -0.2) is 4.79 Å². The molecular weight excluding hydrogens is 465 g/mol. The summed E-state index contributed by atoms with van der Waals surface area (Å²) in [6.45, 7) is -0.549. The van der Waals surface area contributed by atoms with Crippen LogP contribution < -0.4 is 5.32 Å². The van der Waals surface area contributed by atoms with E-state index < -0.39 is 49.1 Å². The van der Waals surface area contributed by atoms with Gasteiger partial charge in [0.25, 0.3) is 0 Å². The van der Waals surface area contributed by atoms with Crippen LogP contribution in [-0.2, 0) is 14.3 Å². The van der Waals surface area contributed by atoms with Crippen molar-refractivity contribution in [1.82, 2.24) is 10.2 Å². The molecule has 0 radical (unpaired) electrons. The predicted octanol–water partition coefficient (Wildman–Crippen LogP) is 4.17. The maximum absolute atomic E-state index is 13.1. The number of likely N-dealkylation sites (tertiary alicyclic amines) is 1. The molecule has 2 aromatic rings. The largest absolute Gasteiger partial charge is 0.481 e. The number of carbonyl (C=O) groups is 3. The molecule has 0 aromatic heterocycles. The number of ether oxygens (including phenoxy) is 1. The van der Waals surface area contributed by atoms with Gasteiger partial charge in [-0.15, -0.1) is 0 Å². The van der Waals surface area contributed by atoms with Crippen LogP contribution in [0.5, 0.6) is 0 Å². The fraction of sp³-hybridized carbons (Fsp3) is 0.400. The summed E-state index contributed by atoms with van der Waals surface area (Å²) in [5.41, 5.74) is 4.01. The van der Waals surface area contributed by atoms with E-state index in [2.05, 4.69) is 5.32 Å². The Hall–Kier alpha value is -3.56. The van der Waals surface area contributed by atoms with Gasteiger partial charge >= 0.3 is 18.2 Å². The van der Waals surface area contributed by atoms with Crippen LogP contribution in [0.2, 0.25) is 0 Å². The number of halogens is 3. The lowest BCUT2D eigenvalue weighted by Crippen LogP contribution is -2.53. The van der Waals surface area contributed by atoms with E-state index in [1.54, 1.807) is 0 Å². The number of rotatable bonds is 6. The number of amides is 2. The molecule has 1 aliphatic carbocycles. The molecule has 2 aliphatic rings. The first kappa shape index (κ1) is 24.6. The maximum atomic E-state index is 13.1. The van der Waals surface area contributed by atoms with E-state index in [9.17, 15) is 32.7 Å². The molecule has 7 nitrogen and oxygen atoms in total. The normalized spacial score (nSPS) is 18.4. The lowest BCUT2D eigenvalue weighted by molar-refractivity contribution is -0.188. The van der Waals surface area contributed by atoms with Crippen molar-refractivity contribution in [2.24, 2.45) is 5.92 Å². The Morgan fingerprint density at radius 3 is 2.23 bits per heavy atom. The molecule has 186 valence electrons. The van der Waals surface area contributed by atoms with Crippen molar-refractivity contribution >= 4 is 18.0 Å². The second-order valence-electron chi connectivity index (χ2n) is 8.79. The third-order valence-corrected chi connectivity index (χ3v) is 6.51. The van der Waals surface area contributed by atoms with Crippen molar-refractivity contribution in [3.63, 3.8) is 0 Å². The average Bonchev–Trinajstić information content (AvgIpc) is 3.15. The first-order valence-electron chi connectivity index (χ1n) is 11.3. The molecule has 4 rings (SSSR count). The lowest BCUT2D eigenvalue weighted by atomic mass is 9.96. The Labute approximate surface area is 199 Å². The Bertz CT molecular complexity index is 1070. The number of aliphatic carboxylic acids is 1. The number of alkyl halides is 3. The summed E-state index contributed by atoms with van der Waals surface area (Å²) in [5, 5.41) is 11.5. The van der Waals surface area contributed by atoms with Gasteiger partial charge in [-0.2, -0.15) is 13.2 Å². The number of carbonyl (C=O) groups excluding carboxylic acids is 2. The van der Waals surface area contributed by atoms with Crippen LogP contribution in [0, 0.1) is 5.92 Å². The lowest BCUT2D eigenvalue weighted by Gasteiger charge is -2.35. The molecule has 0 saturated carbocycles. The Balaban J connectivity index is 1.42. The standard InChI is InChI=1S/C25H25F3N2O5/c26-25(27,28)15-6-5-11-30(13-15)23(33)21(12-22(31)32)29-24(34)35-14-20-18-9-3-1-7-16(18)17-8-2-4-10-19(17)20/h1-4,7-10,15,20-21H,5-6,11-14H2,(H,29,34)(H,31,32). The molecule has 2 N–H and O–H groups in total. The highest BCUT2D eigenvalue weighted by molar-refractivity contribution is 5.89. The van der Waals surface area contributed by atoms with E-state index in [4.69, 9.17) is 4.74 Å². The van der Waals surface area contributed by atoms with E-state index >= 15 is 0 Å². The van der Waals surface area contributed by atoms with Crippen LogP contribution in [0.4, 0.5) is 18.0 Å². The highest BCUT2D eigenvalue weighted by Crippen LogP contribution is 2.44. The molecule has 10 heteroatoms. The molecule has 2 atom stereocenters. The van der Waals surface area contributed by atoms with Gasteiger partial charge in [0, 0.05) is 19.0 Å². The van der Waals surface area contributed by atoms with Crippen molar-refractivity contribution in [1.29, 1.82) is 0 Å². The number of hydrogen-bond donors (Lipinski definition) is 2. The van der Waals surface area contributed by atoms with Crippen LogP contribution in [0.25, 0.3) is 11.1 Å². The van der Waals surface area contributed by atoms with Crippen LogP contribution in [0.1, 0.15) is 36.3 Å². The summed E-state index contributed by atoms with van der Waals surface area (Å²) in [6, 6.07) is 13.9. The third-order valence-electron chi connectivity index (χ3n) is 6.51. The van der Waals surface area contributed by atoms with E-state index in [0.717, 1.165) is 27.2 Å². The molecule has 0 bridgehead atoms. The number of fused-ring (bicyclic) bond motifs is 3. The molecule has 1 aliphatic heterocycles. The Morgan fingerprint density at radius 1 is 1.06 bits per heavy atom. The molecule has 1 fully saturated rings. The summed E-state index contributed by atoms with van der Waals surface area (Å²) < 4.78 is 44.8. The van der Waals surface area contributed by atoms with Crippen LogP contribution in [0.3, 0.4) is 0 Å². The third kappa shape index (κ3) is 5.41. The second kappa shape index (κ2) is 9.97. The second-order valence-corrected chi connectivity index (χ2v) is 8.79. The van der Waals surface area contributed by atoms with Gasteiger partial charge in [-0.05, 0) is 35.1 Å². The molecule has 2 unspecified atom stereocenters. The number of nitrogens with one attached hydrogen (secondary N) is 1. The summed E-state index contributed by atoms with van der Waals surface area (Å²) in [5.74, 6) is -4.15.